The lowest BCUT2D eigenvalue weighted by molar-refractivity contribution is 0.0736. The predicted octanol–water partition coefficient (Wildman–Crippen LogP) is 4.29. The second-order valence-corrected chi connectivity index (χ2v) is 6.49. The third kappa shape index (κ3) is 2.90. The van der Waals surface area contributed by atoms with E-state index in [0.717, 1.165) is 42.3 Å². The Bertz CT molecular complexity index is 934. The van der Waals surface area contributed by atoms with Gasteiger partial charge in [-0.3, -0.25) is 4.79 Å². The Kier molecular flexibility index (Phi) is 3.99. The summed E-state index contributed by atoms with van der Waals surface area (Å²) in [5, 5.41) is 1.16. The number of carbonyl (C=O) groups is 1. The molecule has 1 aliphatic heterocycles. The van der Waals surface area contributed by atoms with E-state index in [1.54, 1.807) is 4.90 Å². The molecule has 0 aliphatic carbocycles. The van der Waals surface area contributed by atoms with Crippen molar-refractivity contribution in [2.75, 3.05) is 6.54 Å². The van der Waals surface area contributed by atoms with Crippen LogP contribution < -0.4 is 0 Å². The quantitative estimate of drug-likeness (QED) is 0.758. The van der Waals surface area contributed by atoms with Crippen LogP contribution in [-0.4, -0.2) is 28.4 Å². The molecule has 0 spiro atoms. The molecule has 128 valence electrons. The van der Waals surface area contributed by atoms with Gasteiger partial charge in [0.1, 0.15) is 0 Å². The van der Waals surface area contributed by atoms with Crippen molar-refractivity contribution in [1.29, 1.82) is 0 Å². The first kappa shape index (κ1) is 15.8. The van der Waals surface area contributed by atoms with E-state index in [1.807, 2.05) is 24.4 Å². The zero-order valence-corrected chi connectivity index (χ0v) is 13.6. The van der Waals surface area contributed by atoms with Gasteiger partial charge in [-0.05, 0) is 49.1 Å². The number of benzene rings is 2. The van der Waals surface area contributed by atoms with E-state index in [-0.39, 0.29) is 17.5 Å². The fourth-order valence-corrected chi connectivity index (χ4v) is 3.66. The number of H-pyrrole nitrogens is 1. The average molecular weight is 340 g/mol. The smallest absolute Gasteiger partial charge is 0.254 e. The number of fused-ring (bicyclic) bond motifs is 1. The molecule has 2 heterocycles. The highest BCUT2D eigenvalue weighted by atomic mass is 19.2. The summed E-state index contributed by atoms with van der Waals surface area (Å²) in [7, 11) is 0. The van der Waals surface area contributed by atoms with Crippen molar-refractivity contribution in [3.8, 4) is 0 Å². The van der Waals surface area contributed by atoms with Crippen LogP contribution in [0.4, 0.5) is 8.78 Å². The largest absolute Gasteiger partial charge is 0.361 e. The molecule has 3 aromatic rings. The molecule has 1 amide bonds. The number of nitrogens with zero attached hydrogens (tertiary/aromatic N) is 1. The van der Waals surface area contributed by atoms with Crippen molar-refractivity contribution in [3.63, 3.8) is 0 Å². The van der Waals surface area contributed by atoms with Crippen molar-refractivity contribution in [2.45, 2.75) is 25.3 Å². The number of halogens is 2. The van der Waals surface area contributed by atoms with E-state index in [4.69, 9.17) is 0 Å². The van der Waals surface area contributed by atoms with Gasteiger partial charge in [0.25, 0.3) is 5.91 Å². The maximum Gasteiger partial charge on any atom is 0.254 e. The lowest BCUT2D eigenvalue weighted by atomic mass is 10.0. The summed E-state index contributed by atoms with van der Waals surface area (Å²) in [6.07, 6.45) is 4.57. The van der Waals surface area contributed by atoms with Crippen LogP contribution in [0.1, 0.15) is 28.8 Å². The van der Waals surface area contributed by atoms with Crippen molar-refractivity contribution in [3.05, 3.63) is 71.4 Å². The Morgan fingerprint density at radius 3 is 2.84 bits per heavy atom. The minimum atomic E-state index is -0.988. The maximum absolute atomic E-state index is 13.5. The van der Waals surface area contributed by atoms with E-state index < -0.39 is 11.6 Å². The number of hydrogen-bond acceptors (Lipinski definition) is 1. The van der Waals surface area contributed by atoms with Crippen LogP contribution in [0.15, 0.2) is 48.7 Å². The summed E-state index contributed by atoms with van der Waals surface area (Å²) >= 11 is 0. The number of para-hydroxylation sites is 1. The number of likely N-dealkylation sites (tertiary alicyclic amines) is 1. The van der Waals surface area contributed by atoms with Gasteiger partial charge >= 0.3 is 0 Å². The zero-order valence-electron chi connectivity index (χ0n) is 13.6. The van der Waals surface area contributed by atoms with Crippen LogP contribution in [0, 0.1) is 11.6 Å². The molecule has 4 rings (SSSR count). The number of nitrogens with one attached hydrogen (secondary N) is 1. The van der Waals surface area contributed by atoms with E-state index in [2.05, 4.69) is 11.1 Å². The molecular weight excluding hydrogens is 322 g/mol. The molecule has 1 fully saturated rings. The molecule has 25 heavy (non-hydrogen) atoms. The minimum absolute atomic E-state index is 0.0693. The van der Waals surface area contributed by atoms with Crippen LogP contribution >= 0.6 is 0 Å². The maximum atomic E-state index is 13.5. The molecule has 2 aromatic carbocycles. The van der Waals surface area contributed by atoms with Gasteiger partial charge in [-0.25, -0.2) is 8.78 Å². The first-order chi connectivity index (χ1) is 12.1. The Labute approximate surface area is 144 Å². The topological polar surface area (TPSA) is 36.1 Å². The fraction of sp³-hybridized carbons (Fsp3) is 0.250. The van der Waals surface area contributed by atoms with Gasteiger partial charge in [-0.1, -0.05) is 18.2 Å². The summed E-state index contributed by atoms with van der Waals surface area (Å²) in [5.74, 6) is -2.16. The van der Waals surface area contributed by atoms with E-state index in [1.165, 1.54) is 11.6 Å². The Hall–Kier alpha value is -2.69. The molecule has 5 heteroatoms. The monoisotopic (exact) mass is 340 g/mol. The molecular formula is C20H18F2N2O. The number of hydrogen-bond donors (Lipinski definition) is 1. The molecule has 3 nitrogen and oxygen atoms in total. The van der Waals surface area contributed by atoms with Crippen molar-refractivity contribution in [2.24, 2.45) is 0 Å². The van der Waals surface area contributed by atoms with Crippen LogP contribution in [0.3, 0.4) is 0 Å². The average Bonchev–Trinajstić information content (AvgIpc) is 3.25. The van der Waals surface area contributed by atoms with Gasteiger partial charge in [0.15, 0.2) is 11.6 Å². The van der Waals surface area contributed by atoms with Gasteiger partial charge in [-0.2, -0.15) is 0 Å². The van der Waals surface area contributed by atoms with Gasteiger partial charge in [-0.15, -0.1) is 0 Å². The number of aromatic nitrogens is 1. The molecule has 1 atom stereocenters. The van der Waals surface area contributed by atoms with Crippen molar-refractivity contribution in [1.82, 2.24) is 9.88 Å². The third-order valence-electron chi connectivity index (χ3n) is 4.94. The summed E-state index contributed by atoms with van der Waals surface area (Å²) in [6.45, 7) is 0.644. The van der Waals surface area contributed by atoms with Gasteiger partial charge in [0.05, 0.1) is 0 Å². The Morgan fingerprint density at radius 2 is 2.00 bits per heavy atom. The Balaban J connectivity index is 1.57. The number of carbonyl (C=O) groups excluding carboxylic acids is 1. The molecule has 1 N–H and O–H groups in total. The highest BCUT2D eigenvalue weighted by molar-refractivity contribution is 5.94. The second-order valence-electron chi connectivity index (χ2n) is 6.49. The number of aromatic amines is 1. The zero-order chi connectivity index (χ0) is 17.4. The first-order valence-corrected chi connectivity index (χ1v) is 8.44. The normalized spacial score (nSPS) is 17.4. The lowest BCUT2D eigenvalue weighted by Gasteiger charge is -2.25. The lowest BCUT2D eigenvalue weighted by Crippen LogP contribution is -2.36. The molecule has 1 aromatic heterocycles. The molecule has 1 aliphatic rings. The standard InChI is InChI=1S/C20H18F2N2O/c21-17-8-7-13(11-18(17)22)20(25)24-9-3-4-15(24)10-14-12-23-19-6-2-1-5-16(14)19/h1-2,5-8,11-12,15,23H,3-4,9-10H2. The van der Waals surface area contributed by atoms with Gasteiger partial charge in [0.2, 0.25) is 0 Å². The number of rotatable bonds is 3. The summed E-state index contributed by atoms with van der Waals surface area (Å²) in [4.78, 5) is 17.8. The SMILES string of the molecule is O=C(c1ccc(F)c(F)c1)N1CCCC1Cc1c[nH]c2ccccc12. The summed E-state index contributed by atoms with van der Waals surface area (Å²) in [6, 6.07) is 11.5. The molecule has 1 saturated heterocycles. The van der Waals surface area contributed by atoms with E-state index in [9.17, 15) is 13.6 Å². The van der Waals surface area contributed by atoms with Crippen LogP contribution in [0.2, 0.25) is 0 Å². The molecule has 0 saturated carbocycles. The minimum Gasteiger partial charge on any atom is -0.361 e. The van der Waals surface area contributed by atoms with Gasteiger partial charge < -0.3 is 9.88 Å². The predicted molar refractivity (Wildman–Crippen MR) is 92.4 cm³/mol. The second kappa shape index (κ2) is 6.31. The van der Waals surface area contributed by atoms with Gasteiger partial charge in [0, 0.05) is 35.2 Å². The first-order valence-electron chi connectivity index (χ1n) is 8.44. The van der Waals surface area contributed by atoms with Crippen LogP contribution in [0.5, 0.6) is 0 Å². The Morgan fingerprint density at radius 1 is 1.16 bits per heavy atom. The summed E-state index contributed by atoms with van der Waals surface area (Å²) < 4.78 is 26.6. The van der Waals surface area contributed by atoms with Crippen molar-refractivity contribution < 1.29 is 13.6 Å². The molecule has 1 unspecified atom stereocenters. The number of amides is 1. The van der Waals surface area contributed by atoms with E-state index in [0.29, 0.717) is 6.54 Å². The highest BCUT2D eigenvalue weighted by Crippen LogP contribution is 2.27. The van der Waals surface area contributed by atoms with Crippen LogP contribution in [-0.2, 0) is 6.42 Å². The van der Waals surface area contributed by atoms with Crippen LogP contribution in [0.25, 0.3) is 10.9 Å². The van der Waals surface area contributed by atoms with Crippen molar-refractivity contribution >= 4 is 16.8 Å². The fourth-order valence-electron chi connectivity index (χ4n) is 3.66. The summed E-state index contributed by atoms with van der Waals surface area (Å²) in [5.41, 5.74) is 2.45. The molecule has 0 bridgehead atoms. The highest BCUT2D eigenvalue weighted by Gasteiger charge is 2.30. The third-order valence-corrected chi connectivity index (χ3v) is 4.94. The molecule has 0 radical (unpaired) electrons. The van der Waals surface area contributed by atoms with E-state index >= 15 is 0 Å².